The predicted octanol–water partition coefficient (Wildman–Crippen LogP) is 4.12. The zero-order valence-corrected chi connectivity index (χ0v) is 14.4. The first-order valence-electron chi connectivity index (χ1n) is 8.40. The minimum atomic E-state index is 0.618. The first-order valence-corrected chi connectivity index (χ1v) is 8.40. The smallest absolute Gasteiger partial charge is 0.171 e. The Labute approximate surface area is 147 Å². The third kappa shape index (κ3) is 3.69. The molecule has 25 heavy (non-hydrogen) atoms. The second-order valence-electron chi connectivity index (χ2n) is 5.68. The van der Waals surface area contributed by atoms with E-state index in [9.17, 15) is 0 Å². The molecule has 0 fully saturated rings. The van der Waals surface area contributed by atoms with Gasteiger partial charge in [0, 0.05) is 12.4 Å². The monoisotopic (exact) mass is 332 g/mol. The van der Waals surface area contributed by atoms with E-state index in [1.165, 1.54) is 0 Å². The third-order valence-corrected chi connectivity index (χ3v) is 4.03. The van der Waals surface area contributed by atoms with E-state index in [-0.39, 0.29) is 0 Å². The van der Waals surface area contributed by atoms with E-state index in [0.29, 0.717) is 17.9 Å². The van der Waals surface area contributed by atoms with Gasteiger partial charge < -0.3 is 4.74 Å². The number of nitriles is 1. The van der Waals surface area contributed by atoms with Crippen LogP contribution in [0.4, 0.5) is 0 Å². The molecular formula is C20H20N4O. The van der Waals surface area contributed by atoms with Crippen molar-refractivity contribution in [2.24, 2.45) is 0 Å². The Morgan fingerprint density at radius 2 is 1.76 bits per heavy atom. The van der Waals surface area contributed by atoms with Crippen LogP contribution in [0.1, 0.15) is 36.4 Å². The van der Waals surface area contributed by atoms with E-state index in [2.05, 4.69) is 24.9 Å². The highest BCUT2D eigenvalue weighted by Crippen LogP contribution is 2.31. The number of nitrogens with zero attached hydrogens (tertiary/aromatic N) is 4. The van der Waals surface area contributed by atoms with E-state index in [1.54, 1.807) is 24.5 Å². The van der Waals surface area contributed by atoms with Gasteiger partial charge in [0.2, 0.25) is 0 Å². The van der Waals surface area contributed by atoms with Crippen molar-refractivity contribution >= 4 is 0 Å². The number of hydrogen-bond acceptors (Lipinski definition) is 4. The fourth-order valence-electron chi connectivity index (χ4n) is 2.73. The van der Waals surface area contributed by atoms with E-state index >= 15 is 0 Å². The van der Waals surface area contributed by atoms with Gasteiger partial charge in [-0.05, 0) is 54.8 Å². The van der Waals surface area contributed by atoms with Crippen LogP contribution in [0.3, 0.4) is 0 Å². The summed E-state index contributed by atoms with van der Waals surface area (Å²) in [5.74, 6) is 1.54. The van der Waals surface area contributed by atoms with Crippen LogP contribution in [0, 0.1) is 11.3 Å². The quantitative estimate of drug-likeness (QED) is 0.681. The van der Waals surface area contributed by atoms with Crippen molar-refractivity contribution in [1.29, 1.82) is 5.26 Å². The summed E-state index contributed by atoms with van der Waals surface area (Å²) in [5, 5.41) is 13.7. The number of rotatable bonds is 6. The van der Waals surface area contributed by atoms with E-state index in [0.717, 1.165) is 35.5 Å². The van der Waals surface area contributed by atoms with Gasteiger partial charge in [0.05, 0.1) is 23.9 Å². The van der Waals surface area contributed by atoms with Crippen LogP contribution in [0.25, 0.3) is 0 Å². The van der Waals surface area contributed by atoms with Crippen LogP contribution in [0.5, 0.6) is 11.5 Å². The van der Waals surface area contributed by atoms with Crippen molar-refractivity contribution in [1.82, 2.24) is 14.8 Å². The van der Waals surface area contributed by atoms with Gasteiger partial charge in [0.15, 0.2) is 5.75 Å². The fourth-order valence-corrected chi connectivity index (χ4v) is 2.73. The van der Waals surface area contributed by atoms with Crippen molar-refractivity contribution < 1.29 is 4.74 Å². The fraction of sp³-hybridized carbons (Fsp3) is 0.250. The highest BCUT2D eigenvalue weighted by molar-refractivity contribution is 5.41. The minimum Gasteiger partial charge on any atom is -0.453 e. The number of hydrogen-bond donors (Lipinski definition) is 0. The average Bonchev–Trinajstić information content (AvgIpc) is 2.99. The van der Waals surface area contributed by atoms with Crippen LogP contribution in [-0.2, 0) is 19.4 Å². The van der Waals surface area contributed by atoms with Gasteiger partial charge in [-0.2, -0.15) is 10.4 Å². The summed E-state index contributed by atoms with van der Waals surface area (Å²) in [6.45, 7) is 4.87. The SMILES string of the molecule is CCc1nn(Cc2ccncc2)c(CC)c1Oc1ccc(C#N)cc1. The van der Waals surface area contributed by atoms with E-state index < -0.39 is 0 Å². The molecule has 0 radical (unpaired) electrons. The molecule has 0 atom stereocenters. The minimum absolute atomic E-state index is 0.618. The molecule has 0 saturated carbocycles. The van der Waals surface area contributed by atoms with Gasteiger partial charge in [-0.15, -0.1) is 0 Å². The molecule has 0 spiro atoms. The van der Waals surface area contributed by atoms with Crippen molar-refractivity contribution in [3.05, 3.63) is 71.3 Å². The van der Waals surface area contributed by atoms with Gasteiger partial charge in [0.1, 0.15) is 11.4 Å². The largest absolute Gasteiger partial charge is 0.453 e. The molecule has 5 nitrogen and oxygen atoms in total. The molecule has 0 unspecified atom stereocenters. The molecule has 0 saturated heterocycles. The molecule has 0 aliphatic heterocycles. The molecule has 0 bridgehead atoms. The lowest BCUT2D eigenvalue weighted by Gasteiger charge is -2.09. The number of aryl methyl sites for hydroxylation is 1. The van der Waals surface area contributed by atoms with Crippen molar-refractivity contribution in [2.45, 2.75) is 33.2 Å². The summed E-state index contributed by atoms with van der Waals surface area (Å²) in [6, 6.07) is 13.3. The summed E-state index contributed by atoms with van der Waals surface area (Å²) < 4.78 is 8.14. The van der Waals surface area contributed by atoms with Crippen LogP contribution < -0.4 is 4.74 Å². The van der Waals surface area contributed by atoms with Crippen molar-refractivity contribution in [3.8, 4) is 17.6 Å². The Morgan fingerprint density at radius 3 is 2.36 bits per heavy atom. The van der Waals surface area contributed by atoms with Crippen molar-refractivity contribution in [3.63, 3.8) is 0 Å². The number of ether oxygens (including phenoxy) is 1. The molecule has 1 aromatic carbocycles. The van der Waals surface area contributed by atoms with Crippen LogP contribution in [0.2, 0.25) is 0 Å². The molecule has 126 valence electrons. The van der Waals surface area contributed by atoms with Crippen LogP contribution in [-0.4, -0.2) is 14.8 Å². The van der Waals surface area contributed by atoms with Gasteiger partial charge in [-0.25, -0.2) is 0 Å². The third-order valence-electron chi connectivity index (χ3n) is 4.03. The van der Waals surface area contributed by atoms with E-state index in [4.69, 9.17) is 15.1 Å². The highest BCUT2D eigenvalue weighted by Gasteiger charge is 2.18. The first-order chi connectivity index (χ1) is 12.2. The molecule has 2 heterocycles. The molecule has 3 rings (SSSR count). The first kappa shape index (κ1) is 16.7. The lowest BCUT2D eigenvalue weighted by molar-refractivity contribution is 0.469. The lowest BCUT2D eigenvalue weighted by atomic mass is 10.2. The molecule has 0 aliphatic rings. The Hall–Kier alpha value is -3.13. The summed E-state index contributed by atoms with van der Waals surface area (Å²) in [4.78, 5) is 4.06. The molecule has 0 amide bonds. The summed E-state index contributed by atoms with van der Waals surface area (Å²) in [5.41, 5.74) is 3.78. The number of benzene rings is 1. The standard InChI is InChI=1S/C20H20N4O/c1-3-18-20(25-17-7-5-15(13-21)6-8-17)19(4-2)24(23-18)14-16-9-11-22-12-10-16/h5-12H,3-4,14H2,1-2H3. The highest BCUT2D eigenvalue weighted by atomic mass is 16.5. The van der Waals surface area contributed by atoms with Crippen molar-refractivity contribution in [2.75, 3.05) is 0 Å². The van der Waals surface area contributed by atoms with Crippen LogP contribution >= 0.6 is 0 Å². The summed E-state index contributed by atoms with van der Waals surface area (Å²) in [6.07, 6.45) is 5.20. The Bertz CT molecular complexity index is 877. The molecule has 5 heteroatoms. The topological polar surface area (TPSA) is 63.7 Å². The Morgan fingerprint density at radius 1 is 1.04 bits per heavy atom. The number of aromatic nitrogens is 3. The summed E-state index contributed by atoms with van der Waals surface area (Å²) in [7, 11) is 0. The maximum absolute atomic E-state index is 8.92. The van der Waals surface area contributed by atoms with Crippen LogP contribution in [0.15, 0.2) is 48.8 Å². The maximum Gasteiger partial charge on any atom is 0.171 e. The lowest BCUT2D eigenvalue weighted by Crippen LogP contribution is -2.06. The predicted molar refractivity (Wildman–Crippen MR) is 95.6 cm³/mol. The average molecular weight is 332 g/mol. The second kappa shape index (κ2) is 7.63. The van der Waals surface area contributed by atoms with Gasteiger partial charge in [-0.3, -0.25) is 9.67 Å². The number of pyridine rings is 1. The summed E-state index contributed by atoms with van der Waals surface area (Å²) >= 11 is 0. The Kier molecular flexibility index (Phi) is 5.10. The second-order valence-corrected chi connectivity index (χ2v) is 5.68. The Balaban J connectivity index is 1.93. The molecule has 0 aliphatic carbocycles. The zero-order valence-electron chi connectivity index (χ0n) is 14.4. The molecular weight excluding hydrogens is 312 g/mol. The van der Waals surface area contributed by atoms with Gasteiger partial charge in [-0.1, -0.05) is 13.8 Å². The molecule has 3 aromatic rings. The van der Waals surface area contributed by atoms with Gasteiger partial charge >= 0.3 is 0 Å². The van der Waals surface area contributed by atoms with E-state index in [1.807, 2.05) is 28.9 Å². The normalized spacial score (nSPS) is 10.4. The molecule has 0 N–H and O–H groups in total. The maximum atomic E-state index is 8.92. The van der Waals surface area contributed by atoms with Gasteiger partial charge in [0.25, 0.3) is 0 Å². The molecule has 2 aromatic heterocycles. The zero-order chi connectivity index (χ0) is 17.6.